The van der Waals surface area contributed by atoms with Crippen LogP contribution < -0.4 is 10.8 Å². The summed E-state index contributed by atoms with van der Waals surface area (Å²) < 4.78 is 66.0. The minimum absolute atomic E-state index is 0.0353. The van der Waals surface area contributed by atoms with Crippen molar-refractivity contribution in [3.8, 4) is 0 Å². The van der Waals surface area contributed by atoms with Crippen LogP contribution in [0.1, 0.15) is 17.7 Å². The fourth-order valence-electron chi connectivity index (χ4n) is 2.63. The van der Waals surface area contributed by atoms with Gasteiger partial charge in [0.15, 0.2) is 26.4 Å². The van der Waals surface area contributed by atoms with Gasteiger partial charge in [0, 0.05) is 12.3 Å². The molecular formula is C16H16F3N5O5S2. The Hall–Kier alpha value is -2.65. The summed E-state index contributed by atoms with van der Waals surface area (Å²) in [5.74, 6) is -2.31. The summed E-state index contributed by atoms with van der Waals surface area (Å²) in [6.45, 7) is 0.196. The molecule has 31 heavy (non-hydrogen) atoms. The Morgan fingerprint density at radius 2 is 2.10 bits per heavy atom. The fraction of sp³-hybridized carbons (Fsp3) is 0.375. The number of amidine groups is 1. The van der Waals surface area contributed by atoms with E-state index in [2.05, 4.69) is 25.3 Å². The van der Waals surface area contributed by atoms with Gasteiger partial charge in [0.1, 0.15) is 5.82 Å². The van der Waals surface area contributed by atoms with E-state index in [1.807, 2.05) is 0 Å². The van der Waals surface area contributed by atoms with Gasteiger partial charge in [-0.25, -0.2) is 31.2 Å². The van der Waals surface area contributed by atoms with Crippen molar-refractivity contribution in [1.82, 2.24) is 21.1 Å². The lowest BCUT2D eigenvalue weighted by Gasteiger charge is -2.24. The highest BCUT2D eigenvalue weighted by molar-refractivity contribution is 7.99. The molecule has 10 nitrogen and oxygen atoms in total. The van der Waals surface area contributed by atoms with Gasteiger partial charge in [-0.1, -0.05) is 11.8 Å². The Labute approximate surface area is 178 Å². The van der Waals surface area contributed by atoms with E-state index in [0.717, 1.165) is 30.0 Å². The van der Waals surface area contributed by atoms with Crippen molar-refractivity contribution in [2.45, 2.75) is 11.5 Å². The van der Waals surface area contributed by atoms with Crippen LogP contribution in [0.4, 0.5) is 18.9 Å². The molecule has 0 spiro atoms. The molecular weight excluding hydrogens is 463 g/mol. The second-order valence-corrected chi connectivity index (χ2v) is 9.65. The molecule has 0 atom stereocenters. The highest BCUT2D eigenvalue weighted by Gasteiger charge is 2.38. The summed E-state index contributed by atoms with van der Waals surface area (Å²) in [6, 6.07) is 2.78. The van der Waals surface area contributed by atoms with E-state index in [4.69, 9.17) is 0 Å². The number of nitrogens with one attached hydrogen (secondary N) is 2. The molecule has 1 aliphatic rings. The monoisotopic (exact) mass is 479 g/mol. The number of hydroxylamine groups is 1. The average molecular weight is 479 g/mol. The van der Waals surface area contributed by atoms with E-state index >= 15 is 0 Å². The summed E-state index contributed by atoms with van der Waals surface area (Å²) in [5.41, 5.74) is 0.814. The van der Waals surface area contributed by atoms with Crippen LogP contribution in [0.2, 0.25) is 0 Å². The van der Waals surface area contributed by atoms with Crippen molar-refractivity contribution in [1.29, 1.82) is 0 Å². The van der Waals surface area contributed by atoms with Gasteiger partial charge < -0.3 is 5.32 Å². The molecule has 1 fully saturated rings. The molecule has 15 heteroatoms. The first-order valence-electron chi connectivity index (χ1n) is 8.70. The van der Waals surface area contributed by atoms with Crippen molar-refractivity contribution in [2.24, 2.45) is 10.9 Å². The van der Waals surface area contributed by atoms with Gasteiger partial charge in [-0.15, -0.1) is 0 Å². The lowest BCUT2D eigenvalue weighted by molar-refractivity contribution is -0.124. The smallest absolute Gasteiger partial charge is 0.266 e. The number of aliphatic imine (C=N–C) groups is 1. The summed E-state index contributed by atoms with van der Waals surface area (Å²) in [4.78, 5) is 15.8. The molecule has 1 aromatic heterocycles. The third-order valence-corrected chi connectivity index (χ3v) is 6.94. The molecule has 1 amide bonds. The van der Waals surface area contributed by atoms with Crippen LogP contribution in [-0.2, 0) is 14.6 Å². The van der Waals surface area contributed by atoms with E-state index in [1.54, 1.807) is 5.48 Å². The van der Waals surface area contributed by atoms with Crippen LogP contribution in [0.3, 0.4) is 0 Å². The zero-order valence-electron chi connectivity index (χ0n) is 15.6. The van der Waals surface area contributed by atoms with Gasteiger partial charge in [0.2, 0.25) is 5.91 Å². The first-order valence-corrected chi connectivity index (χ1v) is 11.5. The Kier molecular flexibility index (Phi) is 7.17. The van der Waals surface area contributed by atoms with E-state index in [-0.39, 0.29) is 46.2 Å². The molecule has 0 bridgehead atoms. The van der Waals surface area contributed by atoms with E-state index in [0.29, 0.717) is 5.75 Å². The second kappa shape index (κ2) is 9.65. The van der Waals surface area contributed by atoms with Crippen molar-refractivity contribution < 1.29 is 36.2 Å². The van der Waals surface area contributed by atoms with E-state index < -0.39 is 33.6 Å². The first-order chi connectivity index (χ1) is 14.7. The van der Waals surface area contributed by atoms with Crippen molar-refractivity contribution in [3.63, 3.8) is 0 Å². The molecule has 2 aromatic rings. The van der Waals surface area contributed by atoms with Crippen LogP contribution in [0.15, 0.2) is 32.8 Å². The minimum atomic E-state index is -3.10. The van der Waals surface area contributed by atoms with E-state index in [1.165, 1.54) is 0 Å². The molecule has 0 aliphatic carbocycles. The summed E-state index contributed by atoms with van der Waals surface area (Å²) in [6.07, 6.45) is -3.05. The summed E-state index contributed by atoms with van der Waals surface area (Å²) >= 11 is 1.09. The van der Waals surface area contributed by atoms with Crippen LogP contribution >= 0.6 is 11.8 Å². The Morgan fingerprint density at radius 3 is 2.74 bits per heavy atom. The number of alkyl halides is 2. The number of rotatable bonds is 8. The Bertz CT molecular complexity index is 1080. The number of thioether (sulfide) groups is 1. The van der Waals surface area contributed by atoms with Crippen molar-refractivity contribution in [3.05, 3.63) is 35.3 Å². The number of hydrogen-bond donors (Lipinski definition) is 3. The SMILES string of the molecule is O=C(NCCSc1nonc1C(=Nc1ccc(F)c(C(F)F)c1)NO)C1CS(=O)(=O)C1. The normalized spacial score (nSPS) is 16.2. The molecule has 2 heterocycles. The molecule has 0 radical (unpaired) electrons. The number of carbonyl (C=O) groups excluding carboxylic acids is 1. The van der Waals surface area contributed by atoms with Crippen LogP contribution in [0.5, 0.6) is 0 Å². The lowest BCUT2D eigenvalue weighted by Crippen LogP contribution is -2.47. The second-order valence-electron chi connectivity index (χ2n) is 6.41. The number of halogens is 3. The highest BCUT2D eigenvalue weighted by Crippen LogP contribution is 2.27. The van der Waals surface area contributed by atoms with Gasteiger partial charge in [-0.05, 0) is 28.5 Å². The quantitative estimate of drug-likeness (QED) is 0.168. The number of carbonyl (C=O) groups is 1. The minimum Gasteiger partial charge on any atom is -0.355 e. The molecule has 3 rings (SSSR count). The Morgan fingerprint density at radius 1 is 1.35 bits per heavy atom. The maximum atomic E-state index is 13.4. The topological polar surface area (TPSA) is 147 Å². The molecule has 1 saturated heterocycles. The van der Waals surface area contributed by atoms with Crippen molar-refractivity contribution in [2.75, 3.05) is 23.8 Å². The summed E-state index contributed by atoms with van der Waals surface area (Å²) in [5, 5.41) is 19.4. The third kappa shape index (κ3) is 5.74. The van der Waals surface area contributed by atoms with Gasteiger partial charge >= 0.3 is 0 Å². The van der Waals surface area contributed by atoms with Gasteiger partial charge in [0.25, 0.3) is 6.43 Å². The highest BCUT2D eigenvalue weighted by atomic mass is 32.2. The number of amides is 1. The van der Waals surface area contributed by atoms with Crippen molar-refractivity contribution >= 4 is 39.0 Å². The predicted molar refractivity (Wildman–Crippen MR) is 103 cm³/mol. The number of sulfone groups is 1. The maximum Gasteiger partial charge on any atom is 0.266 e. The summed E-state index contributed by atoms with van der Waals surface area (Å²) in [7, 11) is -3.10. The molecule has 1 aromatic carbocycles. The molecule has 1 aliphatic heterocycles. The molecule has 0 saturated carbocycles. The van der Waals surface area contributed by atoms with Crippen LogP contribution in [0.25, 0.3) is 0 Å². The maximum absolute atomic E-state index is 13.4. The third-order valence-electron chi connectivity index (χ3n) is 4.17. The number of aromatic nitrogens is 2. The first kappa shape index (κ1) is 23.0. The number of nitrogens with zero attached hydrogens (tertiary/aromatic N) is 3. The van der Waals surface area contributed by atoms with Gasteiger partial charge in [0.05, 0.1) is 28.7 Å². The lowest BCUT2D eigenvalue weighted by atomic mass is 10.2. The molecule has 0 unspecified atom stereocenters. The van der Waals surface area contributed by atoms with Crippen LogP contribution in [-0.4, -0.2) is 59.5 Å². The fourth-order valence-corrected chi connectivity index (χ4v) is 4.82. The zero-order valence-corrected chi connectivity index (χ0v) is 17.2. The Balaban J connectivity index is 1.62. The molecule has 3 N–H and O–H groups in total. The zero-order chi connectivity index (χ0) is 22.6. The largest absolute Gasteiger partial charge is 0.355 e. The van der Waals surface area contributed by atoms with Gasteiger partial charge in [-0.3, -0.25) is 15.5 Å². The molecule has 168 valence electrons. The number of hydrogen-bond acceptors (Lipinski definition) is 9. The average Bonchev–Trinajstić information content (AvgIpc) is 3.16. The van der Waals surface area contributed by atoms with Crippen LogP contribution in [0, 0.1) is 11.7 Å². The van der Waals surface area contributed by atoms with E-state index in [9.17, 15) is 31.6 Å². The standard InChI is InChI=1S/C16H16F3N5O5S2/c17-11-2-1-9(5-10(11)13(18)19)21-14(22-26)12-16(24-29-23-12)30-4-3-20-15(25)8-6-31(27,28)7-8/h1-2,5,8,13,26H,3-4,6-7H2,(H,20,25)(H,21,22). The number of benzene rings is 1. The van der Waals surface area contributed by atoms with Gasteiger partial charge in [-0.2, -0.15) is 0 Å². The predicted octanol–water partition coefficient (Wildman–Crippen LogP) is 1.46.